The third kappa shape index (κ3) is 4.27. The molecule has 0 aliphatic heterocycles. The van der Waals surface area contributed by atoms with Crippen molar-refractivity contribution in [2.75, 3.05) is 26.0 Å². The molecule has 1 aromatic heterocycles. The zero-order chi connectivity index (χ0) is 21.4. The van der Waals surface area contributed by atoms with E-state index in [1.807, 2.05) is 18.2 Å². The molecule has 0 unspecified atom stereocenters. The summed E-state index contributed by atoms with van der Waals surface area (Å²) in [5, 5.41) is 4.39. The quantitative estimate of drug-likeness (QED) is 0.502. The molecule has 1 amide bonds. The number of nitrogens with zero attached hydrogens (tertiary/aromatic N) is 2. The third-order valence-corrected chi connectivity index (χ3v) is 8.48. The molecular weight excluding hydrogens is 410 g/mol. The van der Waals surface area contributed by atoms with Crippen LogP contribution in [0.2, 0.25) is 0 Å². The number of para-hydroxylation sites is 1. The Labute approximate surface area is 187 Å². The van der Waals surface area contributed by atoms with Crippen molar-refractivity contribution in [2.24, 2.45) is 23.2 Å². The van der Waals surface area contributed by atoms with Crippen LogP contribution in [0.3, 0.4) is 0 Å². The summed E-state index contributed by atoms with van der Waals surface area (Å²) in [6, 6.07) is 7.35. The fourth-order valence-electron chi connectivity index (χ4n) is 6.61. The number of rotatable bonds is 8. The molecule has 0 radical (unpaired) electrons. The lowest BCUT2D eigenvalue weighted by Crippen LogP contribution is -2.51. The fraction of sp³-hybridized carbons (Fsp3) is 0.625. The molecule has 6 nitrogen and oxygen atoms in total. The Balaban J connectivity index is 1.25. The number of ether oxygens (including phenoxy) is 1. The van der Waals surface area contributed by atoms with Crippen molar-refractivity contribution in [1.82, 2.24) is 14.9 Å². The molecule has 0 saturated heterocycles. The van der Waals surface area contributed by atoms with E-state index in [-0.39, 0.29) is 17.2 Å². The number of carbonyl (C=O) groups excluding carboxylic acids is 1. The van der Waals surface area contributed by atoms with Crippen molar-refractivity contribution in [2.45, 2.75) is 50.2 Å². The van der Waals surface area contributed by atoms with Crippen LogP contribution in [0.1, 0.15) is 38.5 Å². The second kappa shape index (κ2) is 8.58. The number of amides is 1. The van der Waals surface area contributed by atoms with E-state index >= 15 is 0 Å². The van der Waals surface area contributed by atoms with Crippen molar-refractivity contribution >= 4 is 28.6 Å². The monoisotopic (exact) mass is 441 g/mol. The maximum Gasteiger partial charge on any atom is 0.262 e. The van der Waals surface area contributed by atoms with Crippen LogP contribution in [-0.4, -0.2) is 41.5 Å². The van der Waals surface area contributed by atoms with Gasteiger partial charge in [0.05, 0.1) is 29.8 Å². The number of thioether (sulfide) groups is 1. The van der Waals surface area contributed by atoms with Crippen LogP contribution in [0, 0.1) is 23.2 Å². The second-order valence-corrected chi connectivity index (χ2v) is 10.8. The van der Waals surface area contributed by atoms with Crippen molar-refractivity contribution < 1.29 is 9.53 Å². The van der Waals surface area contributed by atoms with Gasteiger partial charge in [0.25, 0.3) is 5.56 Å². The lowest BCUT2D eigenvalue weighted by atomic mass is 9.49. The summed E-state index contributed by atoms with van der Waals surface area (Å²) < 4.78 is 6.80. The van der Waals surface area contributed by atoms with E-state index in [0.717, 1.165) is 24.3 Å². The van der Waals surface area contributed by atoms with Crippen molar-refractivity contribution in [3.05, 3.63) is 34.6 Å². The standard InChI is InChI=1S/C24H31N3O3S/c1-30-7-6-27-22(29)19-4-2-3-5-20(19)26-23(27)31-14-21(28)25-15-24-11-16-8-17(12-24)10-18(9-16)13-24/h2-5,16-18H,6-15H2,1H3,(H,25,28). The summed E-state index contributed by atoms with van der Waals surface area (Å²) in [7, 11) is 1.62. The minimum atomic E-state index is -0.0841. The molecule has 6 rings (SSSR count). The SMILES string of the molecule is COCCn1c(SCC(=O)NCC23CC4CC(CC(C4)C2)C3)nc2ccccc2c1=O. The molecule has 31 heavy (non-hydrogen) atoms. The second-order valence-electron chi connectivity index (χ2n) is 9.84. The lowest BCUT2D eigenvalue weighted by Gasteiger charge is -2.56. The van der Waals surface area contributed by atoms with Gasteiger partial charge in [0.15, 0.2) is 5.16 Å². The molecular formula is C24H31N3O3S. The van der Waals surface area contributed by atoms with Crippen LogP contribution in [0.4, 0.5) is 0 Å². The summed E-state index contributed by atoms with van der Waals surface area (Å²) in [5.41, 5.74) is 0.911. The molecule has 4 saturated carbocycles. The number of fused-ring (bicyclic) bond motifs is 1. The minimum Gasteiger partial charge on any atom is -0.383 e. The number of aromatic nitrogens is 2. The Kier molecular flexibility index (Phi) is 5.82. The summed E-state index contributed by atoms with van der Waals surface area (Å²) >= 11 is 1.34. The maximum atomic E-state index is 12.9. The number of carbonyl (C=O) groups is 1. The molecule has 166 valence electrons. The summed E-state index contributed by atoms with van der Waals surface area (Å²) in [5.74, 6) is 2.95. The van der Waals surface area contributed by atoms with E-state index in [1.165, 1.54) is 50.3 Å². The van der Waals surface area contributed by atoms with Gasteiger partial charge in [-0.05, 0) is 73.8 Å². The first-order chi connectivity index (χ1) is 15.0. The molecule has 7 heteroatoms. The van der Waals surface area contributed by atoms with E-state index in [4.69, 9.17) is 4.74 Å². The van der Waals surface area contributed by atoms with Gasteiger partial charge in [-0.1, -0.05) is 23.9 Å². The molecule has 4 aliphatic carbocycles. The van der Waals surface area contributed by atoms with Gasteiger partial charge in [-0.2, -0.15) is 0 Å². The molecule has 4 fully saturated rings. The molecule has 0 atom stereocenters. The Morgan fingerprint density at radius 3 is 2.55 bits per heavy atom. The average molecular weight is 442 g/mol. The molecule has 4 bridgehead atoms. The minimum absolute atomic E-state index is 0.0291. The van der Waals surface area contributed by atoms with Crippen LogP contribution in [0.5, 0.6) is 0 Å². The first kappa shape index (κ1) is 21.0. The topological polar surface area (TPSA) is 73.2 Å². The fourth-order valence-corrected chi connectivity index (χ4v) is 7.47. The highest BCUT2D eigenvalue weighted by Gasteiger charge is 2.50. The summed E-state index contributed by atoms with van der Waals surface area (Å²) in [4.78, 5) is 30.3. The highest BCUT2D eigenvalue weighted by atomic mass is 32.2. The number of benzene rings is 1. The van der Waals surface area contributed by atoms with Gasteiger partial charge in [0, 0.05) is 13.7 Å². The van der Waals surface area contributed by atoms with Gasteiger partial charge in [-0.3, -0.25) is 14.2 Å². The highest BCUT2D eigenvalue weighted by Crippen LogP contribution is 2.59. The van der Waals surface area contributed by atoms with Crippen molar-refractivity contribution in [3.63, 3.8) is 0 Å². The van der Waals surface area contributed by atoms with Crippen LogP contribution in [-0.2, 0) is 16.1 Å². The average Bonchev–Trinajstić information content (AvgIpc) is 2.75. The predicted octanol–water partition coefficient (Wildman–Crippen LogP) is 3.47. The van der Waals surface area contributed by atoms with E-state index < -0.39 is 0 Å². The molecule has 1 heterocycles. The summed E-state index contributed by atoms with van der Waals surface area (Å²) in [6.45, 7) is 1.65. The first-order valence-electron chi connectivity index (χ1n) is 11.4. The van der Waals surface area contributed by atoms with E-state index in [1.54, 1.807) is 17.7 Å². The smallest absolute Gasteiger partial charge is 0.262 e. The lowest BCUT2D eigenvalue weighted by molar-refractivity contribution is -0.120. The highest BCUT2D eigenvalue weighted by molar-refractivity contribution is 7.99. The van der Waals surface area contributed by atoms with E-state index in [0.29, 0.717) is 34.6 Å². The predicted molar refractivity (Wildman–Crippen MR) is 122 cm³/mol. The Hall–Kier alpha value is -1.86. The number of hydrogen-bond donors (Lipinski definition) is 1. The Morgan fingerprint density at radius 2 is 1.87 bits per heavy atom. The number of nitrogens with one attached hydrogen (secondary N) is 1. The molecule has 0 spiro atoms. The third-order valence-electron chi connectivity index (χ3n) is 7.50. The van der Waals surface area contributed by atoms with Gasteiger partial charge in [0.1, 0.15) is 0 Å². The Morgan fingerprint density at radius 1 is 1.19 bits per heavy atom. The van der Waals surface area contributed by atoms with Crippen LogP contribution < -0.4 is 10.9 Å². The largest absolute Gasteiger partial charge is 0.383 e. The normalized spacial score (nSPS) is 28.9. The van der Waals surface area contributed by atoms with E-state index in [9.17, 15) is 9.59 Å². The van der Waals surface area contributed by atoms with Gasteiger partial charge < -0.3 is 10.1 Å². The van der Waals surface area contributed by atoms with Gasteiger partial charge >= 0.3 is 0 Å². The van der Waals surface area contributed by atoms with E-state index in [2.05, 4.69) is 10.3 Å². The van der Waals surface area contributed by atoms with Crippen LogP contribution >= 0.6 is 11.8 Å². The maximum absolute atomic E-state index is 12.9. The van der Waals surface area contributed by atoms with Crippen LogP contribution in [0.25, 0.3) is 10.9 Å². The van der Waals surface area contributed by atoms with Gasteiger partial charge in [-0.25, -0.2) is 4.98 Å². The zero-order valence-corrected chi connectivity index (χ0v) is 19.0. The van der Waals surface area contributed by atoms with Crippen molar-refractivity contribution in [1.29, 1.82) is 0 Å². The van der Waals surface area contributed by atoms with Gasteiger partial charge in [-0.15, -0.1) is 0 Å². The molecule has 1 aromatic carbocycles. The number of methoxy groups -OCH3 is 1. The molecule has 4 aliphatic rings. The zero-order valence-electron chi connectivity index (χ0n) is 18.1. The number of hydrogen-bond acceptors (Lipinski definition) is 5. The summed E-state index contributed by atoms with van der Waals surface area (Å²) in [6.07, 6.45) is 8.10. The molecule has 2 aromatic rings. The van der Waals surface area contributed by atoms with Crippen molar-refractivity contribution in [3.8, 4) is 0 Å². The Bertz CT molecular complexity index is 999. The first-order valence-corrected chi connectivity index (χ1v) is 12.4. The van der Waals surface area contributed by atoms with Crippen LogP contribution in [0.15, 0.2) is 34.2 Å². The molecule has 1 N–H and O–H groups in total. The van der Waals surface area contributed by atoms with Gasteiger partial charge in [0.2, 0.25) is 5.91 Å².